The Balaban J connectivity index is 1.86. The molecule has 1 amide bonds. The summed E-state index contributed by atoms with van der Waals surface area (Å²) in [5.74, 6) is -1.38. The predicted molar refractivity (Wildman–Crippen MR) is 88.9 cm³/mol. The summed E-state index contributed by atoms with van der Waals surface area (Å²) in [6.07, 6.45) is -1.83. The molecule has 0 unspecified atom stereocenters. The summed E-state index contributed by atoms with van der Waals surface area (Å²) in [4.78, 5) is 32.3. The first-order chi connectivity index (χ1) is 12.2. The number of alkyl halides is 2. The van der Waals surface area contributed by atoms with Gasteiger partial charge in [-0.1, -0.05) is 12.1 Å². The molecule has 0 aliphatic heterocycles. The first-order valence-electron chi connectivity index (χ1n) is 7.91. The van der Waals surface area contributed by atoms with Gasteiger partial charge in [-0.15, -0.1) is 0 Å². The number of nitrogens with one attached hydrogen (secondary N) is 2. The van der Waals surface area contributed by atoms with Gasteiger partial charge in [-0.2, -0.15) is 0 Å². The number of hydrogen-bond acceptors (Lipinski definition) is 4. The van der Waals surface area contributed by atoms with E-state index in [1.54, 1.807) is 19.0 Å². The van der Waals surface area contributed by atoms with Gasteiger partial charge in [-0.3, -0.25) is 14.6 Å². The number of hydrogen-bond donors (Lipinski definition) is 2. The number of aromatic amines is 1. The number of H-pyrrole nitrogens is 1. The van der Waals surface area contributed by atoms with E-state index in [0.29, 0.717) is 18.4 Å². The molecule has 26 heavy (non-hydrogen) atoms. The van der Waals surface area contributed by atoms with E-state index in [4.69, 9.17) is 0 Å². The first kappa shape index (κ1) is 18.0. The number of carbonyl (C=O) groups is 1. The van der Waals surface area contributed by atoms with Crippen molar-refractivity contribution in [2.45, 2.75) is 24.8 Å². The lowest BCUT2D eigenvalue weighted by Gasteiger charge is -2.19. The van der Waals surface area contributed by atoms with Gasteiger partial charge in [-0.25, -0.2) is 18.2 Å². The molecule has 0 radical (unpaired) electrons. The van der Waals surface area contributed by atoms with Crippen molar-refractivity contribution in [3.05, 3.63) is 57.3 Å². The average Bonchev–Trinajstić information content (AvgIpc) is 3.34. The van der Waals surface area contributed by atoms with Crippen LogP contribution in [0.2, 0.25) is 0 Å². The van der Waals surface area contributed by atoms with Crippen LogP contribution in [0.4, 0.5) is 19.1 Å². The monoisotopic (exact) mass is 366 g/mol. The van der Waals surface area contributed by atoms with Gasteiger partial charge in [0.1, 0.15) is 11.5 Å². The van der Waals surface area contributed by atoms with E-state index >= 15 is 0 Å². The van der Waals surface area contributed by atoms with Crippen LogP contribution in [-0.2, 0) is 5.54 Å². The normalized spacial score (nSPS) is 15.0. The number of amides is 1. The zero-order chi connectivity index (χ0) is 19.1. The summed E-state index contributed by atoms with van der Waals surface area (Å²) in [6, 6.07) is 4.50. The molecular weight excluding hydrogens is 349 g/mol. The Bertz CT molecular complexity index is 907. The Morgan fingerprint density at radius 3 is 2.54 bits per heavy atom. The highest BCUT2D eigenvalue weighted by Crippen LogP contribution is 2.46. The molecule has 138 valence electrons. The van der Waals surface area contributed by atoms with E-state index in [9.17, 15) is 22.8 Å². The van der Waals surface area contributed by atoms with Crippen molar-refractivity contribution in [1.82, 2.24) is 15.3 Å². The number of benzene rings is 1. The Morgan fingerprint density at radius 1 is 1.31 bits per heavy atom. The molecule has 0 bridgehead atoms. The lowest BCUT2D eigenvalue weighted by molar-refractivity contribution is 0.0925. The predicted octanol–water partition coefficient (Wildman–Crippen LogP) is 2.33. The van der Waals surface area contributed by atoms with E-state index in [-0.39, 0.29) is 11.6 Å². The van der Waals surface area contributed by atoms with E-state index in [1.165, 1.54) is 6.07 Å². The third-order valence-electron chi connectivity index (χ3n) is 4.28. The molecule has 0 spiro atoms. The van der Waals surface area contributed by atoms with E-state index in [1.807, 2.05) is 0 Å². The maximum Gasteiger partial charge on any atom is 0.270 e. The molecule has 1 saturated carbocycles. The summed E-state index contributed by atoms with van der Waals surface area (Å²) < 4.78 is 39.2. The van der Waals surface area contributed by atoms with Gasteiger partial charge in [-0.05, 0) is 24.5 Å². The molecule has 1 aromatic heterocycles. The van der Waals surface area contributed by atoms with E-state index in [0.717, 1.165) is 18.2 Å². The Morgan fingerprint density at radius 2 is 2.00 bits per heavy atom. The molecule has 9 heteroatoms. The number of nitrogens with zero attached hydrogens (tertiary/aromatic N) is 2. The topological polar surface area (TPSA) is 78.1 Å². The quantitative estimate of drug-likeness (QED) is 0.851. The van der Waals surface area contributed by atoms with Gasteiger partial charge >= 0.3 is 0 Å². The smallest absolute Gasteiger partial charge is 0.270 e. The van der Waals surface area contributed by atoms with Crippen molar-refractivity contribution >= 4 is 11.9 Å². The third-order valence-corrected chi connectivity index (χ3v) is 4.28. The zero-order valence-corrected chi connectivity index (χ0v) is 14.1. The third kappa shape index (κ3) is 3.42. The maximum atomic E-state index is 13.9. The molecule has 1 heterocycles. The van der Waals surface area contributed by atoms with Crippen molar-refractivity contribution < 1.29 is 18.0 Å². The summed E-state index contributed by atoms with van der Waals surface area (Å²) >= 11 is 0. The largest absolute Gasteiger partial charge is 0.348 e. The van der Waals surface area contributed by atoms with Gasteiger partial charge in [0.15, 0.2) is 0 Å². The summed E-state index contributed by atoms with van der Waals surface area (Å²) in [5, 5.41) is 2.74. The zero-order valence-electron chi connectivity index (χ0n) is 14.1. The highest BCUT2D eigenvalue weighted by atomic mass is 19.3. The number of rotatable bonds is 5. The highest BCUT2D eigenvalue weighted by molar-refractivity contribution is 5.93. The van der Waals surface area contributed by atoms with Crippen LogP contribution in [-0.4, -0.2) is 30.0 Å². The van der Waals surface area contributed by atoms with Crippen LogP contribution in [0.1, 0.15) is 40.9 Å². The van der Waals surface area contributed by atoms with Crippen LogP contribution in [0.15, 0.2) is 29.1 Å². The second-order valence-corrected chi connectivity index (χ2v) is 6.42. The van der Waals surface area contributed by atoms with Crippen LogP contribution in [0.25, 0.3) is 0 Å². The van der Waals surface area contributed by atoms with Crippen molar-refractivity contribution in [3.8, 4) is 0 Å². The number of aromatic nitrogens is 2. The molecule has 1 aliphatic rings. The fourth-order valence-corrected chi connectivity index (χ4v) is 2.67. The fourth-order valence-electron chi connectivity index (χ4n) is 2.67. The molecule has 3 rings (SSSR count). The Hall–Kier alpha value is -2.84. The van der Waals surface area contributed by atoms with Crippen LogP contribution >= 0.6 is 0 Å². The molecular formula is C17H17F3N4O2. The SMILES string of the molecule is CN(C)c1nc(C(=O)NC2(c3ccc(C(F)F)c(F)c3)CC2)cc(=O)[nH]1. The first-order valence-corrected chi connectivity index (χ1v) is 7.91. The van der Waals surface area contributed by atoms with Gasteiger partial charge < -0.3 is 10.2 Å². The van der Waals surface area contributed by atoms with Crippen molar-refractivity contribution in [1.29, 1.82) is 0 Å². The molecule has 0 saturated heterocycles. The maximum absolute atomic E-state index is 13.9. The van der Waals surface area contributed by atoms with Crippen LogP contribution in [0, 0.1) is 5.82 Å². The number of carbonyl (C=O) groups excluding carboxylic acids is 1. The summed E-state index contributed by atoms with van der Waals surface area (Å²) in [6.45, 7) is 0. The molecule has 1 fully saturated rings. The lowest BCUT2D eigenvalue weighted by Crippen LogP contribution is -2.36. The average molecular weight is 366 g/mol. The minimum atomic E-state index is -2.90. The Labute approximate surface area is 147 Å². The molecule has 1 aromatic carbocycles. The van der Waals surface area contributed by atoms with Crippen LogP contribution in [0.3, 0.4) is 0 Å². The van der Waals surface area contributed by atoms with Gasteiger partial charge in [0.2, 0.25) is 5.95 Å². The Kier molecular flexibility index (Phi) is 4.47. The minimum Gasteiger partial charge on any atom is -0.348 e. The second kappa shape index (κ2) is 6.47. The van der Waals surface area contributed by atoms with E-state index in [2.05, 4.69) is 15.3 Å². The summed E-state index contributed by atoms with van der Waals surface area (Å²) in [5.41, 5.74) is -1.66. The molecule has 1 aliphatic carbocycles. The number of anilines is 1. The molecule has 2 aromatic rings. The van der Waals surface area contributed by atoms with Gasteiger partial charge in [0.25, 0.3) is 17.9 Å². The standard InChI is InChI=1S/C17H17F3N4O2/c1-24(2)16-21-12(8-13(25)22-16)15(26)23-17(5-6-17)9-3-4-10(14(19)20)11(18)7-9/h3-4,7-8,14H,5-6H2,1-2H3,(H,23,26)(H,21,22,25). The molecule has 0 atom stereocenters. The van der Waals surface area contributed by atoms with Crippen molar-refractivity contribution in [3.63, 3.8) is 0 Å². The highest BCUT2D eigenvalue weighted by Gasteiger charge is 2.46. The molecule has 2 N–H and O–H groups in total. The minimum absolute atomic E-state index is 0.0756. The lowest BCUT2D eigenvalue weighted by atomic mass is 10.0. The van der Waals surface area contributed by atoms with E-state index < -0.39 is 34.8 Å². The molecule has 6 nitrogen and oxygen atoms in total. The van der Waals surface area contributed by atoms with Crippen molar-refractivity contribution in [2.75, 3.05) is 19.0 Å². The number of halogens is 3. The van der Waals surface area contributed by atoms with Crippen LogP contribution < -0.4 is 15.8 Å². The van der Waals surface area contributed by atoms with Crippen molar-refractivity contribution in [2.24, 2.45) is 0 Å². The second-order valence-electron chi connectivity index (χ2n) is 6.42. The van der Waals surface area contributed by atoms with Crippen LogP contribution in [0.5, 0.6) is 0 Å². The van der Waals surface area contributed by atoms with Gasteiger partial charge in [0, 0.05) is 20.2 Å². The summed E-state index contributed by atoms with van der Waals surface area (Å²) in [7, 11) is 3.32. The fraction of sp³-hybridized carbons (Fsp3) is 0.353. The van der Waals surface area contributed by atoms with Gasteiger partial charge in [0.05, 0.1) is 11.1 Å².